The summed E-state index contributed by atoms with van der Waals surface area (Å²) in [5.41, 5.74) is 2.84. The lowest BCUT2D eigenvalue weighted by Gasteiger charge is -2.36. The summed E-state index contributed by atoms with van der Waals surface area (Å²) in [4.78, 5) is 16.6. The SMILES string of the molecule is CC(C)c1ccc(C[NH+]2CCC(C(=O)N3CCC[C@@H](C)C3)CC2)cc1. The second-order valence-corrected chi connectivity index (χ2v) is 8.63. The number of rotatable bonds is 4. The Kier molecular flexibility index (Phi) is 6.16. The molecule has 1 amide bonds. The molecule has 0 aliphatic carbocycles. The van der Waals surface area contributed by atoms with Crippen molar-refractivity contribution >= 4 is 5.91 Å². The molecular formula is C22H35N2O+. The molecule has 1 aromatic rings. The molecule has 0 aromatic heterocycles. The van der Waals surface area contributed by atoms with E-state index in [2.05, 4.69) is 49.9 Å². The van der Waals surface area contributed by atoms with Crippen LogP contribution < -0.4 is 4.90 Å². The third-order valence-electron chi connectivity index (χ3n) is 6.11. The first-order valence-electron chi connectivity index (χ1n) is 10.2. The van der Waals surface area contributed by atoms with Crippen molar-refractivity contribution in [3.8, 4) is 0 Å². The van der Waals surface area contributed by atoms with Gasteiger partial charge in [0, 0.05) is 37.4 Å². The van der Waals surface area contributed by atoms with Crippen molar-refractivity contribution in [3.63, 3.8) is 0 Å². The predicted molar refractivity (Wildman–Crippen MR) is 103 cm³/mol. The summed E-state index contributed by atoms with van der Waals surface area (Å²) in [6.45, 7) is 12.1. The van der Waals surface area contributed by atoms with E-state index in [-0.39, 0.29) is 5.92 Å². The Labute approximate surface area is 153 Å². The van der Waals surface area contributed by atoms with Crippen LogP contribution in [0.25, 0.3) is 0 Å². The standard InChI is InChI=1S/C22H34N2O/c1-17(2)20-8-6-19(7-9-20)16-23-13-10-21(11-14-23)22(25)24-12-4-5-18(3)15-24/h6-9,17-18,21H,4-5,10-16H2,1-3H3/p+1/t18-/m1/s1. The molecule has 2 aliphatic rings. The Bertz CT molecular complexity index is 558. The number of benzene rings is 1. The monoisotopic (exact) mass is 343 g/mol. The van der Waals surface area contributed by atoms with Gasteiger partial charge in [-0.25, -0.2) is 0 Å². The minimum atomic E-state index is 0.275. The highest BCUT2D eigenvalue weighted by atomic mass is 16.2. The molecule has 0 unspecified atom stereocenters. The van der Waals surface area contributed by atoms with Gasteiger partial charge in [0.25, 0.3) is 0 Å². The van der Waals surface area contributed by atoms with Crippen LogP contribution in [-0.4, -0.2) is 37.0 Å². The number of hydrogen-bond acceptors (Lipinski definition) is 1. The number of nitrogens with zero attached hydrogens (tertiary/aromatic N) is 1. The third-order valence-corrected chi connectivity index (χ3v) is 6.11. The number of amides is 1. The third kappa shape index (κ3) is 4.84. The Morgan fingerprint density at radius 2 is 1.84 bits per heavy atom. The molecule has 1 N–H and O–H groups in total. The van der Waals surface area contributed by atoms with Crippen LogP contribution in [0.3, 0.4) is 0 Å². The van der Waals surface area contributed by atoms with Gasteiger partial charge in [0.2, 0.25) is 5.91 Å². The van der Waals surface area contributed by atoms with E-state index in [1.54, 1.807) is 4.90 Å². The first-order chi connectivity index (χ1) is 12.0. The Balaban J connectivity index is 1.47. The minimum Gasteiger partial charge on any atom is -0.342 e. The predicted octanol–water partition coefficient (Wildman–Crippen LogP) is 2.86. The first-order valence-corrected chi connectivity index (χ1v) is 10.2. The zero-order chi connectivity index (χ0) is 17.8. The quantitative estimate of drug-likeness (QED) is 0.893. The Hall–Kier alpha value is -1.35. The lowest BCUT2D eigenvalue weighted by atomic mass is 9.92. The summed E-state index contributed by atoms with van der Waals surface area (Å²) < 4.78 is 0. The molecule has 0 bridgehead atoms. The molecule has 1 atom stereocenters. The fraction of sp³-hybridized carbons (Fsp3) is 0.682. The highest BCUT2D eigenvalue weighted by molar-refractivity contribution is 5.79. The summed E-state index contributed by atoms with van der Waals surface area (Å²) in [5, 5.41) is 0. The molecule has 2 aliphatic heterocycles. The molecule has 0 spiro atoms. The van der Waals surface area contributed by atoms with Gasteiger partial charge in [-0.1, -0.05) is 45.0 Å². The second-order valence-electron chi connectivity index (χ2n) is 8.63. The van der Waals surface area contributed by atoms with Crippen molar-refractivity contribution in [1.29, 1.82) is 0 Å². The van der Waals surface area contributed by atoms with Crippen molar-refractivity contribution in [1.82, 2.24) is 4.90 Å². The van der Waals surface area contributed by atoms with E-state index in [4.69, 9.17) is 0 Å². The number of quaternary nitrogens is 1. The maximum absolute atomic E-state index is 12.8. The van der Waals surface area contributed by atoms with Crippen LogP contribution in [0.4, 0.5) is 0 Å². The molecule has 3 heteroatoms. The van der Waals surface area contributed by atoms with Crippen molar-refractivity contribution < 1.29 is 9.69 Å². The van der Waals surface area contributed by atoms with Gasteiger partial charge >= 0.3 is 0 Å². The average molecular weight is 344 g/mol. The van der Waals surface area contributed by atoms with E-state index in [0.29, 0.717) is 17.7 Å². The van der Waals surface area contributed by atoms with Crippen molar-refractivity contribution in [2.24, 2.45) is 11.8 Å². The molecule has 2 fully saturated rings. The number of nitrogens with one attached hydrogen (secondary N) is 1. The van der Waals surface area contributed by atoms with Gasteiger partial charge in [0.05, 0.1) is 13.1 Å². The van der Waals surface area contributed by atoms with Gasteiger partial charge in [-0.3, -0.25) is 4.79 Å². The normalized spacial score (nSPS) is 27.5. The Morgan fingerprint density at radius 1 is 1.16 bits per heavy atom. The van der Waals surface area contributed by atoms with Gasteiger partial charge in [-0.05, 0) is 30.2 Å². The second kappa shape index (κ2) is 8.35. The van der Waals surface area contributed by atoms with E-state index in [1.807, 2.05) is 0 Å². The van der Waals surface area contributed by atoms with Gasteiger partial charge in [-0.2, -0.15) is 0 Å². The largest absolute Gasteiger partial charge is 0.342 e. The molecule has 2 heterocycles. The maximum Gasteiger partial charge on any atom is 0.226 e. The maximum atomic E-state index is 12.8. The van der Waals surface area contributed by atoms with Crippen LogP contribution in [0, 0.1) is 11.8 Å². The summed E-state index contributed by atoms with van der Waals surface area (Å²) in [6.07, 6.45) is 4.58. The number of carbonyl (C=O) groups is 1. The molecule has 2 saturated heterocycles. The molecule has 0 radical (unpaired) electrons. The summed E-state index contributed by atoms with van der Waals surface area (Å²) in [6, 6.07) is 9.11. The smallest absolute Gasteiger partial charge is 0.226 e. The average Bonchev–Trinajstić information content (AvgIpc) is 2.62. The lowest BCUT2D eigenvalue weighted by Crippen LogP contribution is -3.11. The van der Waals surface area contributed by atoms with Crippen LogP contribution in [-0.2, 0) is 11.3 Å². The van der Waals surface area contributed by atoms with Crippen LogP contribution in [0.1, 0.15) is 63.5 Å². The van der Waals surface area contributed by atoms with Crippen molar-refractivity contribution in [3.05, 3.63) is 35.4 Å². The number of hydrogen-bond donors (Lipinski definition) is 1. The van der Waals surface area contributed by atoms with E-state index in [9.17, 15) is 4.79 Å². The molecule has 1 aromatic carbocycles. The summed E-state index contributed by atoms with van der Waals surface area (Å²) >= 11 is 0. The van der Waals surface area contributed by atoms with Crippen LogP contribution in [0.5, 0.6) is 0 Å². The van der Waals surface area contributed by atoms with Crippen molar-refractivity contribution in [2.45, 2.75) is 58.9 Å². The zero-order valence-corrected chi connectivity index (χ0v) is 16.3. The van der Waals surface area contributed by atoms with Gasteiger partial charge < -0.3 is 9.80 Å². The number of likely N-dealkylation sites (tertiary alicyclic amines) is 2. The lowest BCUT2D eigenvalue weighted by molar-refractivity contribution is -0.919. The number of piperidine rings is 2. The van der Waals surface area contributed by atoms with Gasteiger partial charge in [0.15, 0.2) is 0 Å². The molecular weight excluding hydrogens is 308 g/mol. The zero-order valence-electron chi connectivity index (χ0n) is 16.3. The van der Waals surface area contributed by atoms with Crippen molar-refractivity contribution in [2.75, 3.05) is 26.2 Å². The van der Waals surface area contributed by atoms with Gasteiger partial charge in [-0.15, -0.1) is 0 Å². The summed E-state index contributed by atoms with van der Waals surface area (Å²) in [7, 11) is 0. The van der Waals surface area contributed by atoms with E-state index < -0.39 is 0 Å². The van der Waals surface area contributed by atoms with Crippen LogP contribution in [0.15, 0.2) is 24.3 Å². The first kappa shape index (κ1) is 18.4. The fourth-order valence-electron chi connectivity index (χ4n) is 4.41. The topological polar surface area (TPSA) is 24.8 Å². The number of carbonyl (C=O) groups excluding carboxylic acids is 1. The van der Waals surface area contributed by atoms with Gasteiger partial charge in [0.1, 0.15) is 6.54 Å². The highest BCUT2D eigenvalue weighted by Crippen LogP contribution is 2.21. The minimum absolute atomic E-state index is 0.275. The molecule has 0 saturated carbocycles. The molecule has 3 nitrogen and oxygen atoms in total. The van der Waals surface area contributed by atoms with Crippen LogP contribution >= 0.6 is 0 Å². The van der Waals surface area contributed by atoms with Crippen LogP contribution in [0.2, 0.25) is 0 Å². The fourth-order valence-corrected chi connectivity index (χ4v) is 4.41. The highest BCUT2D eigenvalue weighted by Gasteiger charge is 2.32. The van der Waals surface area contributed by atoms with E-state index >= 15 is 0 Å². The molecule has 138 valence electrons. The van der Waals surface area contributed by atoms with E-state index in [0.717, 1.165) is 45.6 Å². The molecule has 3 rings (SSSR count). The van der Waals surface area contributed by atoms with E-state index in [1.165, 1.54) is 24.0 Å². The summed E-state index contributed by atoms with van der Waals surface area (Å²) in [5.74, 6) is 1.99. The Morgan fingerprint density at radius 3 is 2.44 bits per heavy atom. The molecule has 25 heavy (non-hydrogen) atoms.